The molecule has 0 radical (unpaired) electrons. The molecule has 2 unspecified atom stereocenters. The van der Waals surface area contributed by atoms with Crippen LogP contribution < -0.4 is 5.32 Å². The molecule has 1 aromatic heterocycles. The van der Waals surface area contributed by atoms with Gasteiger partial charge in [-0.1, -0.05) is 0 Å². The Balaban J connectivity index is 1.83. The molecular formula is C14H20N2O4. The highest BCUT2D eigenvalue weighted by Gasteiger charge is 2.31. The molecule has 1 aromatic rings. The molecule has 0 bridgehead atoms. The maximum Gasteiger partial charge on any atom is 0.317 e. The Labute approximate surface area is 117 Å². The molecule has 6 heteroatoms. The number of carbonyl (C=O) groups excluding carboxylic acids is 1. The number of carbonyl (C=O) groups is 2. The summed E-state index contributed by atoms with van der Waals surface area (Å²) in [7, 11) is 1.71. The Morgan fingerprint density at radius 3 is 2.80 bits per heavy atom. The predicted molar refractivity (Wildman–Crippen MR) is 72.2 cm³/mol. The zero-order chi connectivity index (χ0) is 14.7. The zero-order valence-corrected chi connectivity index (χ0v) is 11.8. The smallest absolute Gasteiger partial charge is 0.317 e. The molecular weight excluding hydrogens is 260 g/mol. The van der Waals surface area contributed by atoms with Crippen LogP contribution in [0.15, 0.2) is 16.7 Å². The van der Waals surface area contributed by atoms with Crippen molar-refractivity contribution in [2.24, 2.45) is 5.92 Å². The topological polar surface area (TPSA) is 82.8 Å². The summed E-state index contributed by atoms with van der Waals surface area (Å²) < 4.78 is 5.20. The van der Waals surface area contributed by atoms with Crippen LogP contribution in [0.4, 0.5) is 4.79 Å². The fourth-order valence-electron chi connectivity index (χ4n) is 2.52. The molecule has 0 spiro atoms. The lowest BCUT2D eigenvalue weighted by molar-refractivity contribution is -0.141. The highest BCUT2D eigenvalue weighted by atomic mass is 16.4. The van der Waals surface area contributed by atoms with Crippen molar-refractivity contribution < 1.29 is 19.1 Å². The predicted octanol–water partition coefficient (Wildman–Crippen LogP) is 1.98. The first kappa shape index (κ1) is 14.4. The van der Waals surface area contributed by atoms with Crippen LogP contribution in [0.5, 0.6) is 0 Å². The van der Waals surface area contributed by atoms with Crippen molar-refractivity contribution in [2.45, 2.75) is 38.8 Å². The molecule has 2 amide bonds. The van der Waals surface area contributed by atoms with Crippen molar-refractivity contribution in [3.8, 4) is 0 Å². The van der Waals surface area contributed by atoms with Gasteiger partial charge in [0.1, 0.15) is 5.76 Å². The van der Waals surface area contributed by atoms with E-state index in [1.807, 2.05) is 13.0 Å². The van der Waals surface area contributed by atoms with Gasteiger partial charge in [-0.2, -0.15) is 0 Å². The third-order valence-corrected chi connectivity index (χ3v) is 3.83. The summed E-state index contributed by atoms with van der Waals surface area (Å²) in [6.07, 6.45) is 3.47. The summed E-state index contributed by atoms with van der Waals surface area (Å²) in [5.41, 5.74) is 0.970. The quantitative estimate of drug-likeness (QED) is 0.883. The average molecular weight is 280 g/mol. The second kappa shape index (κ2) is 5.98. The molecule has 20 heavy (non-hydrogen) atoms. The van der Waals surface area contributed by atoms with E-state index in [0.29, 0.717) is 19.4 Å². The summed E-state index contributed by atoms with van der Waals surface area (Å²) in [6, 6.07) is 1.62. The summed E-state index contributed by atoms with van der Waals surface area (Å²) in [5.74, 6) is -0.303. The molecule has 2 atom stereocenters. The number of amides is 2. The SMILES string of the molecule is Cc1occc1CN(C)C(=O)NC1CCC(C(=O)O)C1. The van der Waals surface area contributed by atoms with Crippen molar-refractivity contribution in [2.75, 3.05) is 7.05 Å². The van der Waals surface area contributed by atoms with Crippen molar-refractivity contribution in [1.29, 1.82) is 0 Å². The molecule has 2 N–H and O–H groups in total. The van der Waals surface area contributed by atoms with Crippen molar-refractivity contribution in [3.63, 3.8) is 0 Å². The summed E-state index contributed by atoms with van der Waals surface area (Å²) in [6.45, 7) is 2.33. The van der Waals surface area contributed by atoms with E-state index < -0.39 is 5.97 Å². The van der Waals surface area contributed by atoms with E-state index in [9.17, 15) is 9.59 Å². The number of nitrogens with zero attached hydrogens (tertiary/aromatic N) is 1. The fraction of sp³-hybridized carbons (Fsp3) is 0.571. The number of carboxylic acid groups (broad SMARTS) is 1. The highest BCUT2D eigenvalue weighted by Crippen LogP contribution is 2.25. The Bertz CT molecular complexity index is 497. The minimum Gasteiger partial charge on any atom is -0.481 e. The summed E-state index contributed by atoms with van der Waals surface area (Å²) in [5, 5.41) is 11.8. The van der Waals surface area contributed by atoms with Crippen LogP contribution in [-0.2, 0) is 11.3 Å². The van der Waals surface area contributed by atoms with Gasteiger partial charge in [-0.25, -0.2) is 4.79 Å². The first-order chi connectivity index (χ1) is 9.47. The minimum absolute atomic E-state index is 0.0449. The lowest BCUT2D eigenvalue weighted by atomic mass is 10.1. The number of hydrogen-bond acceptors (Lipinski definition) is 3. The molecule has 2 rings (SSSR count). The van der Waals surface area contributed by atoms with Crippen LogP contribution in [0.2, 0.25) is 0 Å². The number of urea groups is 1. The maximum absolute atomic E-state index is 12.0. The molecule has 110 valence electrons. The lowest BCUT2D eigenvalue weighted by Gasteiger charge is -2.20. The average Bonchev–Trinajstić information content (AvgIpc) is 2.99. The fourth-order valence-corrected chi connectivity index (χ4v) is 2.52. The van der Waals surface area contributed by atoms with Gasteiger partial charge in [0.2, 0.25) is 0 Å². The first-order valence-electron chi connectivity index (χ1n) is 6.74. The van der Waals surface area contributed by atoms with E-state index >= 15 is 0 Å². The monoisotopic (exact) mass is 280 g/mol. The number of rotatable bonds is 4. The Morgan fingerprint density at radius 1 is 1.50 bits per heavy atom. The van der Waals surface area contributed by atoms with E-state index in [0.717, 1.165) is 17.7 Å². The van der Waals surface area contributed by atoms with Crippen molar-refractivity contribution in [3.05, 3.63) is 23.7 Å². The van der Waals surface area contributed by atoms with Crippen LogP contribution in [0.1, 0.15) is 30.6 Å². The molecule has 1 aliphatic rings. The molecule has 6 nitrogen and oxygen atoms in total. The van der Waals surface area contributed by atoms with Crippen molar-refractivity contribution in [1.82, 2.24) is 10.2 Å². The minimum atomic E-state index is -0.774. The number of aryl methyl sites for hydroxylation is 1. The van der Waals surface area contributed by atoms with E-state index in [4.69, 9.17) is 9.52 Å². The largest absolute Gasteiger partial charge is 0.481 e. The van der Waals surface area contributed by atoms with Crippen molar-refractivity contribution >= 4 is 12.0 Å². The van der Waals surface area contributed by atoms with Crippen LogP contribution in [0.3, 0.4) is 0 Å². The molecule has 1 aliphatic carbocycles. The van der Waals surface area contributed by atoms with E-state index in [1.54, 1.807) is 18.2 Å². The molecule has 1 fully saturated rings. The Kier molecular flexibility index (Phi) is 4.32. The van der Waals surface area contributed by atoms with Gasteiger partial charge in [-0.05, 0) is 32.3 Å². The van der Waals surface area contributed by atoms with Gasteiger partial charge >= 0.3 is 12.0 Å². The number of nitrogens with one attached hydrogen (secondary N) is 1. The second-order valence-electron chi connectivity index (χ2n) is 5.35. The van der Waals surface area contributed by atoms with Crippen LogP contribution in [0, 0.1) is 12.8 Å². The van der Waals surface area contributed by atoms with E-state index in [-0.39, 0.29) is 18.0 Å². The normalized spacial score (nSPS) is 21.7. The van der Waals surface area contributed by atoms with E-state index in [1.165, 1.54) is 0 Å². The number of furan rings is 1. The van der Waals surface area contributed by atoms with Gasteiger partial charge < -0.3 is 19.7 Å². The Hall–Kier alpha value is -1.98. The number of aliphatic carboxylic acids is 1. The summed E-state index contributed by atoms with van der Waals surface area (Å²) in [4.78, 5) is 24.5. The number of hydrogen-bond donors (Lipinski definition) is 2. The molecule has 0 aromatic carbocycles. The first-order valence-corrected chi connectivity index (χ1v) is 6.74. The molecule has 1 heterocycles. The van der Waals surface area contributed by atoms with Gasteiger partial charge in [-0.3, -0.25) is 4.79 Å². The Morgan fingerprint density at radius 2 is 2.25 bits per heavy atom. The third kappa shape index (κ3) is 3.31. The van der Waals surface area contributed by atoms with Gasteiger partial charge in [0.25, 0.3) is 0 Å². The number of carboxylic acids is 1. The standard InChI is InChI=1S/C14H20N2O4/c1-9-11(5-6-20-9)8-16(2)14(19)15-12-4-3-10(7-12)13(17)18/h5-6,10,12H,3-4,7-8H2,1-2H3,(H,15,19)(H,17,18). The van der Waals surface area contributed by atoms with Gasteiger partial charge in [0, 0.05) is 18.7 Å². The zero-order valence-electron chi connectivity index (χ0n) is 11.8. The van der Waals surface area contributed by atoms with Crippen LogP contribution >= 0.6 is 0 Å². The second-order valence-corrected chi connectivity index (χ2v) is 5.35. The van der Waals surface area contributed by atoms with Gasteiger partial charge in [0.15, 0.2) is 0 Å². The van der Waals surface area contributed by atoms with Gasteiger partial charge in [-0.15, -0.1) is 0 Å². The highest BCUT2D eigenvalue weighted by molar-refractivity contribution is 5.75. The summed E-state index contributed by atoms with van der Waals surface area (Å²) >= 11 is 0. The van der Waals surface area contributed by atoms with E-state index in [2.05, 4.69) is 5.32 Å². The molecule has 0 saturated heterocycles. The van der Waals surface area contributed by atoms with Crippen LogP contribution in [0.25, 0.3) is 0 Å². The third-order valence-electron chi connectivity index (χ3n) is 3.83. The molecule has 1 saturated carbocycles. The molecule has 0 aliphatic heterocycles. The van der Waals surface area contributed by atoms with Gasteiger partial charge in [0.05, 0.1) is 18.7 Å². The van der Waals surface area contributed by atoms with Crippen LogP contribution in [-0.4, -0.2) is 35.1 Å². The lowest BCUT2D eigenvalue weighted by Crippen LogP contribution is -2.42. The maximum atomic E-state index is 12.0.